The first kappa shape index (κ1) is 27.7. The molecule has 0 radical (unpaired) electrons. The molecule has 9 heteroatoms. The number of halogens is 2. The standard InChI is InChI=1S/C30H24Cl2N2O5/c1-2-37-28-16-21(8-15-27(28)39-30(36)25-14-11-23(31)17-26(25)32)18-33-34-29(35)22-9-12-24(13-10-22)38-19-20-6-4-3-5-7-20/h3-18H,2,19H2,1H3,(H,34,35)/b33-18-. The van der Waals surface area contributed by atoms with E-state index in [2.05, 4.69) is 10.5 Å². The number of benzene rings is 4. The van der Waals surface area contributed by atoms with Gasteiger partial charge in [-0.2, -0.15) is 5.10 Å². The van der Waals surface area contributed by atoms with Crippen molar-refractivity contribution in [3.8, 4) is 17.2 Å². The molecule has 0 atom stereocenters. The summed E-state index contributed by atoms with van der Waals surface area (Å²) < 4.78 is 16.9. The fourth-order valence-electron chi connectivity index (χ4n) is 3.44. The topological polar surface area (TPSA) is 86.2 Å². The first-order chi connectivity index (χ1) is 18.9. The van der Waals surface area contributed by atoms with Gasteiger partial charge in [0.15, 0.2) is 11.5 Å². The molecule has 0 aliphatic heterocycles. The molecule has 0 aliphatic carbocycles. The van der Waals surface area contributed by atoms with Crippen molar-refractivity contribution < 1.29 is 23.8 Å². The molecule has 0 heterocycles. The van der Waals surface area contributed by atoms with Crippen LogP contribution >= 0.6 is 23.2 Å². The Bertz CT molecular complexity index is 1470. The van der Waals surface area contributed by atoms with Crippen LogP contribution in [0.5, 0.6) is 17.2 Å². The van der Waals surface area contributed by atoms with E-state index in [9.17, 15) is 9.59 Å². The summed E-state index contributed by atoms with van der Waals surface area (Å²) in [5, 5.41) is 4.62. The molecule has 1 amide bonds. The monoisotopic (exact) mass is 562 g/mol. The third kappa shape index (κ3) is 7.83. The van der Waals surface area contributed by atoms with Crippen molar-refractivity contribution in [2.24, 2.45) is 5.10 Å². The van der Waals surface area contributed by atoms with Crippen molar-refractivity contribution >= 4 is 41.3 Å². The molecule has 0 aromatic heterocycles. The molecule has 39 heavy (non-hydrogen) atoms. The second-order valence-electron chi connectivity index (χ2n) is 8.15. The summed E-state index contributed by atoms with van der Waals surface area (Å²) in [5.41, 5.74) is 4.77. The molecule has 198 valence electrons. The molecule has 0 spiro atoms. The Morgan fingerprint density at radius 1 is 0.872 bits per heavy atom. The normalized spacial score (nSPS) is 10.7. The van der Waals surface area contributed by atoms with E-state index in [-0.39, 0.29) is 22.2 Å². The third-order valence-electron chi connectivity index (χ3n) is 5.37. The highest BCUT2D eigenvalue weighted by Crippen LogP contribution is 2.30. The maximum atomic E-state index is 12.6. The summed E-state index contributed by atoms with van der Waals surface area (Å²) in [6.07, 6.45) is 1.46. The number of nitrogens with zero attached hydrogens (tertiary/aromatic N) is 1. The van der Waals surface area contributed by atoms with E-state index in [4.69, 9.17) is 37.4 Å². The van der Waals surface area contributed by atoms with Gasteiger partial charge in [0.2, 0.25) is 0 Å². The summed E-state index contributed by atoms with van der Waals surface area (Å²) in [7, 11) is 0. The molecular weight excluding hydrogens is 539 g/mol. The number of esters is 1. The number of hydrogen-bond donors (Lipinski definition) is 1. The first-order valence-electron chi connectivity index (χ1n) is 12.0. The second kappa shape index (κ2) is 13.5. The largest absolute Gasteiger partial charge is 0.490 e. The van der Waals surface area contributed by atoms with Gasteiger partial charge in [-0.25, -0.2) is 10.2 Å². The summed E-state index contributed by atoms with van der Waals surface area (Å²) in [6, 6.07) is 26.0. The predicted octanol–water partition coefficient (Wildman–Crippen LogP) is 6.95. The van der Waals surface area contributed by atoms with E-state index in [1.165, 1.54) is 18.3 Å². The smallest absolute Gasteiger partial charge is 0.345 e. The highest BCUT2D eigenvalue weighted by Gasteiger charge is 2.16. The minimum Gasteiger partial charge on any atom is -0.490 e. The number of nitrogens with one attached hydrogen (secondary N) is 1. The lowest BCUT2D eigenvalue weighted by Gasteiger charge is -2.12. The van der Waals surface area contributed by atoms with E-state index in [1.54, 1.807) is 55.5 Å². The fourth-order valence-corrected chi connectivity index (χ4v) is 3.93. The van der Waals surface area contributed by atoms with Crippen LogP contribution in [0.1, 0.15) is 38.8 Å². The molecule has 0 bridgehead atoms. The molecule has 7 nitrogen and oxygen atoms in total. The number of hydrogen-bond acceptors (Lipinski definition) is 6. The van der Waals surface area contributed by atoms with Crippen molar-refractivity contribution in [3.63, 3.8) is 0 Å². The Morgan fingerprint density at radius 2 is 1.64 bits per heavy atom. The molecule has 0 saturated carbocycles. The molecule has 0 fully saturated rings. The van der Waals surface area contributed by atoms with Gasteiger partial charge in [0.1, 0.15) is 12.4 Å². The van der Waals surface area contributed by atoms with Gasteiger partial charge < -0.3 is 14.2 Å². The Morgan fingerprint density at radius 3 is 2.36 bits per heavy atom. The van der Waals surface area contributed by atoms with Crippen LogP contribution < -0.4 is 19.6 Å². The Balaban J connectivity index is 1.35. The zero-order chi connectivity index (χ0) is 27.6. The zero-order valence-corrected chi connectivity index (χ0v) is 22.4. The average molecular weight is 563 g/mol. The Labute approximate surface area is 235 Å². The number of rotatable bonds is 10. The second-order valence-corrected chi connectivity index (χ2v) is 8.99. The number of carbonyl (C=O) groups excluding carboxylic acids is 2. The summed E-state index contributed by atoms with van der Waals surface area (Å²) in [5.74, 6) is 0.168. The van der Waals surface area contributed by atoms with E-state index in [0.29, 0.717) is 40.9 Å². The quantitative estimate of drug-likeness (QED) is 0.0977. The molecular formula is C30H24Cl2N2O5. The van der Waals surface area contributed by atoms with Gasteiger partial charge in [0, 0.05) is 10.6 Å². The number of amides is 1. The molecule has 1 N–H and O–H groups in total. The number of carbonyl (C=O) groups is 2. The molecule has 0 saturated heterocycles. The van der Waals surface area contributed by atoms with Crippen molar-refractivity contribution in [2.45, 2.75) is 13.5 Å². The number of hydrazone groups is 1. The minimum absolute atomic E-state index is 0.174. The van der Waals surface area contributed by atoms with Gasteiger partial charge >= 0.3 is 5.97 Å². The molecule has 0 aliphatic rings. The van der Waals surface area contributed by atoms with Crippen LogP contribution in [-0.4, -0.2) is 24.7 Å². The third-order valence-corrected chi connectivity index (χ3v) is 5.91. The van der Waals surface area contributed by atoms with Crippen LogP contribution in [0.3, 0.4) is 0 Å². The average Bonchev–Trinajstić information content (AvgIpc) is 2.94. The van der Waals surface area contributed by atoms with Gasteiger partial charge in [-0.05, 0) is 78.7 Å². The van der Waals surface area contributed by atoms with Gasteiger partial charge in [0.25, 0.3) is 5.91 Å². The van der Waals surface area contributed by atoms with E-state index >= 15 is 0 Å². The lowest BCUT2D eigenvalue weighted by molar-refractivity contribution is 0.0728. The Hall–Kier alpha value is -4.33. The maximum Gasteiger partial charge on any atom is 0.345 e. The summed E-state index contributed by atoms with van der Waals surface area (Å²) in [6.45, 7) is 2.59. The molecule has 4 rings (SSSR count). The fraction of sp³-hybridized carbons (Fsp3) is 0.100. The van der Waals surface area contributed by atoms with Crippen molar-refractivity contribution in [3.05, 3.63) is 123 Å². The van der Waals surface area contributed by atoms with Gasteiger partial charge in [-0.3, -0.25) is 4.79 Å². The van der Waals surface area contributed by atoms with E-state index in [0.717, 1.165) is 5.56 Å². The van der Waals surface area contributed by atoms with Crippen molar-refractivity contribution in [2.75, 3.05) is 6.61 Å². The Kier molecular flexibility index (Phi) is 9.56. The molecule has 4 aromatic carbocycles. The van der Waals surface area contributed by atoms with Crippen molar-refractivity contribution in [1.29, 1.82) is 0 Å². The van der Waals surface area contributed by atoms with Crippen LogP contribution in [-0.2, 0) is 6.61 Å². The van der Waals surface area contributed by atoms with Crippen LogP contribution in [0.15, 0.2) is 96.1 Å². The van der Waals surface area contributed by atoms with Gasteiger partial charge in [-0.15, -0.1) is 0 Å². The van der Waals surface area contributed by atoms with Crippen LogP contribution in [0.2, 0.25) is 10.0 Å². The summed E-state index contributed by atoms with van der Waals surface area (Å²) >= 11 is 12.0. The maximum absolute atomic E-state index is 12.6. The van der Waals surface area contributed by atoms with Crippen LogP contribution in [0.4, 0.5) is 0 Å². The van der Waals surface area contributed by atoms with Gasteiger partial charge in [-0.1, -0.05) is 53.5 Å². The van der Waals surface area contributed by atoms with Crippen LogP contribution in [0, 0.1) is 0 Å². The zero-order valence-electron chi connectivity index (χ0n) is 20.9. The van der Waals surface area contributed by atoms with Crippen LogP contribution in [0.25, 0.3) is 0 Å². The minimum atomic E-state index is -0.650. The van der Waals surface area contributed by atoms with Gasteiger partial charge in [0.05, 0.1) is 23.4 Å². The lowest BCUT2D eigenvalue weighted by Crippen LogP contribution is -2.17. The van der Waals surface area contributed by atoms with E-state index in [1.807, 2.05) is 30.3 Å². The molecule has 0 unspecified atom stereocenters. The predicted molar refractivity (Wildman–Crippen MR) is 151 cm³/mol. The van der Waals surface area contributed by atoms with Crippen molar-refractivity contribution in [1.82, 2.24) is 5.43 Å². The highest BCUT2D eigenvalue weighted by molar-refractivity contribution is 6.36. The molecule has 4 aromatic rings. The SMILES string of the molecule is CCOc1cc(/C=N\NC(=O)c2ccc(OCc3ccccc3)cc2)ccc1OC(=O)c1ccc(Cl)cc1Cl. The first-order valence-corrected chi connectivity index (χ1v) is 12.7. The van der Waals surface area contributed by atoms with E-state index < -0.39 is 5.97 Å². The summed E-state index contributed by atoms with van der Waals surface area (Å²) in [4.78, 5) is 25.1. The number of ether oxygens (including phenoxy) is 3. The lowest BCUT2D eigenvalue weighted by atomic mass is 10.2. The highest BCUT2D eigenvalue weighted by atomic mass is 35.5.